The minimum Gasteiger partial charge on any atom is -0.504 e. The molecule has 27 heavy (non-hydrogen) atoms. The predicted molar refractivity (Wildman–Crippen MR) is 100 cm³/mol. The summed E-state index contributed by atoms with van der Waals surface area (Å²) in [5.41, 5.74) is 3.18. The van der Waals surface area contributed by atoms with Crippen molar-refractivity contribution in [1.29, 1.82) is 0 Å². The lowest BCUT2D eigenvalue weighted by Gasteiger charge is -2.34. The summed E-state index contributed by atoms with van der Waals surface area (Å²) < 4.78 is 10.5. The molecule has 0 radical (unpaired) electrons. The fourth-order valence-corrected chi connectivity index (χ4v) is 3.67. The topological polar surface area (TPSA) is 84.9 Å². The van der Waals surface area contributed by atoms with E-state index in [1.165, 1.54) is 19.3 Å². The van der Waals surface area contributed by atoms with Gasteiger partial charge in [-0.2, -0.15) is 0 Å². The van der Waals surface area contributed by atoms with Crippen molar-refractivity contribution in [3.05, 3.63) is 59.0 Å². The molecule has 1 aliphatic heterocycles. The van der Waals surface area contributed by atoms with Crippen LogP contribution >= 0.6 is 0 Å². The third-order valence-electron chi connectivity index (χ3n) is 4.87. The normalized spacial score (nSPS) is 19.3. The van der Waals surface area contributed by atoms with E-state index in [-0.39, 0.29) is 23.9 Å². The number of nitrogens with one attached hydrogen (secondary N) is 1. The van der Waals surface area contributed by atoms with Crippen molar-refractivity contribution >= 4 is 11.8 Å². The summed E-state index contributed by atoms with van der Waals surface area (Å²) in [5.74, 6) is -0.770. The van der Waals surface area contributed by atoms with Crippen LogP contribution in [0.15, 0.2) is 53.4 Å². The summed E-state index contributed by atoms with van der Waals surface area (Å²) in [7, 11) is 1.46. The number of ether oxygens (including phenoxy) is 2. The van der Waals surface area contributed by atoms with E-state index in [9.17, 15) is 14.7 Å². The molecular weight excluding hydrogens is 346 g/mol. The van der Waals surface area contributed by atoms with E-state index < -0.39 is 11.9 Å². The summed E-state index contributed by atoms with van der Waals surface area (Å²) >= 11 is 0. The molecule has 0 spiro atoms. The molecule has 0 saturated carbocycles. The number of phenols is 1. The minimum absolute atomic E-state index is 0.00385. The van der Waals surface area contributed by atoms with Crippen LogP contribution < -0.4 is 10.1 Å². The lowest BCUT2D eigenvalue weighted by Crippen LogP contribution is -2.34. The van der Waals surface area contributed by atoms with Crippen LogP contribution in [0.4, 0.5) is 0 Å². The second-order valence-corrected chi connectivity index (χ2v) is 6.58. The predicted octanol–water partition coefficient (Wildman–Crippen LogP) is 3.10. The Labute approximate surface area is 158 Å². The molecule has 0 unspecified atom stereocenters. The molecule has 142 valence electrons. The second kappa shape index (κ2) is 7.70. The summed E-state index contributed by atoms with van der Waals surface area (Å²) in [6, 6.07) is 4.87. The van der Waals surface area contributed by atoms with Crippen LogP contribution in [0.25, 0.3) is 0 Å². The molecule has 0 bridgehead atoms. The van der Waals surface area contributed by atoms with E-state index in [0.717, 1.165) is 18.5 Å². The van der Waals surface area contributed by atoms with Gasteiger partial charge in [0.15, 0.2) is 17.3 Å². The van der Waals surface area contributed by atoms with Crippen molar-refractivity contribution in [3.63, 3.8) is 0 Å². The fourth-order valence-electron chi connectivity index (χ4n) is 3.67. The van der Waals surface area contributed by atoms with Crippen LogP contribution in [-0.4, -0.2) is 30.6 Å². The van der Waals surface area contributed by atoms with Gasteiger partial charge in [-0.15, -0.1) is 0 Å². The molecule has 1 aromatic rings. The molecule has 0 fully saturated rings. The molecular formula is C21H23NO5. The summed E-state index contributed by atoms with van der Waals surface area (Å²) in [4.78, 5) is 25.5. The molecule has 0 amide bonds. The SMILES string of the molecule is C=CCOC(=O)C1=C(C)NC2=C(C(=O)CCC2)[C@@H]1c1ccc(O)c(OC)c1. The highest BCUT2D eigenvalue weighted by Crippen LogP contribution is 2.44. The van der Waals surface area contributed by atoms with Crippen LogP contribution in [0.1, 0.15) is 37.7 Å². The van der Waals surface area contributed by atoms with Crippen molar-refractivity contribution in [2.24, 2.45) is 0 Å². The van der Waals surface area contributed by atoms with Gasteiger partial charge in [-0.1, -0.05) is 18.7 Å². The molecule has 0 saturated heterocycles. The zero-order valence-electron chi connectivity index (χ0n) is 15.5. The van der Waals surface area contributed by atoms with E-state index in [4.69, 9.17) is 9.47 Å². The lowest BCUT2D eigenvalue weighted by atomic mass is 9.75. The molecule has 1 atom stereocenters. The molecule has 6 heteroatoms. The first kappa shape index (κ1) is 18.8. The smallest absolute Gasteiger partial charge is 0.337 e. The number of carbonyl (C=O) groups is 2. The molecule has 2 N–H and O–H groups in total. The first-order chi connectivity index (χ1) is 13.0. The van der Waals surface area contributed by atoms with Crippen molar-refractivity contribution in [2.45, 2.75) is 32.1 Å². The van der Waals surface area contributed by atoms with E-state index in [1.807, 2.05) is 0 Å². The maximum atomic E-state index is 12.8. The zero-order chi connectivity index (χ0) is 19.6. The maximum Gasteiger partial charge on any atom is 0.337 e. The van der Waals surface area contributed by atoms with Crippen LogP contribution in [0.5, 0.6) is 11.5 Å². The average molecular weight is 369 g/mol. The third kappa shape index (κ3) is 3.47. The van der Waals surface area contributed by atoms with Gasteiger partial charge < -0.3 is 19.9 Å². The van der Waals surface area contributed by atoms with Gasteiger partial charge in [0, 0.05) is 29.3 Å². The van der Waals surface area contributed by atoms with Gasteiger partial charge in [0.1, 0.15) is 6.61 Å². The van der Waals surface area contributed by atoms with Gasteiger partial charge in [0.05, 0.1) is 12.7 Å². The van der Waals surface area contributed by atoms with E-state index in [0.29, 0.717) is 28.8 Å². The number of Topliss-reactive ketones (excluding diaryl/α,β-unsaturated/α-hetero) is 1. The third-order valence-corrected chi connectivity index (χ3v) is 4.87. The second-order valence-electron chi connectivity index (χ2n) is 6.58. The molecule has 2 aliphatic rings. The average Bonchev–Trinajstić information content (AvgIpc) is 2.65. The molecule has 1 heterocycles. The number of esters is 1. The van der Waals surface area contributed by atoms with Crippen LogP contribution in [0, 0.1) is 0 Å². The quantitative estimate of drug-likeness (QED) is 0.613. The maximum absolute atomic E-state index is 12.8. The number of hydrogen-bond donors (Lipinski definition) is 2. The van der Waals surface area contributed by atoms with Gasteiger partial charge in [-0.25, -0.2) is 4.79 Å². The number of allylic oxidation sites excluding steroid dienone is 3. The van der Waals surface area contributed by atoms with Crippen molar-refractivity contribution < 1.29 is 24.2 Å². The number of phenolic OH excluding ortho intramolecular Hbond substituents is 1. The molecule has 1 aliphatic carbocycles. The Kier molecular flexibility index (Phi) is 5.35. The number of carbonyl (C=O) groups excluding carboxylic acids is 2. The lowest BCUT2D eigenvalue weighted by molar-refractivity contribution is -0.138. The highest BCUT2D eigenvalue weighted by atomic mass is 16.5. The largest absolute Gasteiger partial charge is 0.504 e. The first-order valence-electron chi connectivity index (χ1n) is 8.86. The Hall–Kier alpha value is -3.02. The molecule has 6 nitrogen and oxygen atoms in total. The Balaban J connectivity index is 2.15. The van der Waals surface area contributed by atoms with Gasteiger partial charge in [-0.3, -0.25) is 4.79 Å². The van der Waals surface area contributed by atoms with Gasteiger partial charge in [0.25, 0.3) is 0 Å². The number of rotatable bonds is 5. The Morgan fingerprint density at radius 2 is 2.19 bits per heavy atom. The Morgan fingerprint density at radius 1 is 1.41 bits per heavy atom. The Morgan fingerprint density at radius 3 is 2.89 bits per heavy atom. The summed E-state index contributed by atoms with van der Waals surface area (Å²) in [6.07, 6.45) is 3.47. The van der Waals surface area contributed by atoms with E-state index in [2.05, 4.69) is 11.9 Å². The standard InChI is InChI=1S/C21H23NO5/c1-4-10-27-21(25)18-12(2)22-14-6-5-7-16(24)20(14)19(18)13-8-9-15(23)17(11-13)26-3/h4,8-9,11,19,22-23H,1,5-7,10H2,2-3H3/t19-/m1/s1. The van der Waals surface area contributed by atoms with Crippen molar-refractivity contribution in [1.82, 2.24) is 5.32 Å². The number of aromatic hydroxyl groups is 1. The minimum atomic E-state index is -0.569. The Bertz CT molecular complexity index is 865. The number of hydrogen-bond acceptors (Lipinski definition) is 6. The highest BCUT2D eigenvalue weighted by molar-refractivity contribution is 6.03. The molecule has 1 aromatic carbocycles. The number of benzene rings is 1. The highest BCUT2D eigenvalue weighted by Gasteiger charge is 2.39. The first-order valence-corrected chi connectivity index (χ1v) is 8.86. The van der Waals surface area contributed by atoms with Crippen molar-refractivity contribution in [3.8, 4) is 11.5 Å². The summed E-state index contributed by atoms with van der Waals surface area (Å²) in [5, 5.41) is 13.2. The van der Waals surface area contributed by atoms with Gasteiger partial charge in [0.2, 0.25) is 0 Å². The van der Waals surface area contributed by atoms with E-state index >= 15 is 0 Å². The van der Waals surface area contributed by atoms with E-state index in [1.54, 1.807) is 19.1 Å². The summed E-state index contributed by atoms with van der Waals surface area (Å²) in [6.45, 7) is 5.46. The zero-order valence-corrected chi connectivity index (χ0v) is 15.5. The number of ketones is 1. The van der Waals surface area contributed by atoms with Gasteiger partial charge in [-0.05, 0) is 37.5 Å². The van der Waals surface area contributed by atoms with Crippen LogP contribution in [-0.2, 0) is 14.3 Å². The van der Waals surface area contributed by atoms with Crippen molar-refractivity contribution in [2.75, 3.05) is 13.7 Å². The van der Waals surface area contributed by atoms with Crippen LogP contribution in [0.3, 0.4) is 0 Å². The number of methoxy groups -OCH3 is 1. The van der Waals surface area contributed by atoms with Crippen LogP contribution in [0.2, 0.25) is 0 Å². The van der Waals surface area contributed by atoms with Gasteiger partial charge >= 0.3 is 5.97 Å². The molecule has 3 rings (SSSR count). The fraction of sp³-hybridized carbons (Fsp3) is 0.333. The monoisotopic (exact) mass is 369 g/mol. The number of dihydropyridines is 1. The molecule has 0 aromatic heterocycles.